The number of carbonyl (C=O) groups is 1. The van der Waals surface area contributed by atoms with E-state index >= 15 is 0 Å². The third-order valence-electron chi connectivity index (χ3n) is 5.99. The lowest BCUT2D eigenvalue weighted by Crippen LogP contribution is -2.25. The summed E-state index contributed by atoms with van der Waals surface area (Å²) in [7, 11) is 3.20. The van der Waals surface area contributed by atoms with E-state index in [2.05, 4.69) is 15.5 Å². The lowest BCUT2D eigenvalue weighted by Gasteiger charge is -2.16. The zero-order valence-corrected chi connectivity index (χ0v) is 22.7. The molecule has 1 amide bonds. The number of thioether (sulfide) groups is 1. The maximum atomic E-state index is 13.2. The summed E-state index contributed by atoms with van der Waals surface area (Å²) < 4.78 is 10.6. The summed E-state index contributed by atoms with van der Waals surface area (Å²) in [5.41, 5.74) is 3.81. The third-order valence-corrected chi connectivity index (χ3v) is 7.21. The number of hydrogen-bond donors (Lipinski definition) is 1. The number of anilines is 1. The minimum Gasteiger partial charge on any atom is -0.497 e. The molecule has 0 saturated carbocycles. The molecule has 0 aliphatic heterocycles. The average Bonchev–Trinajstić information content (AvgIpc) is 2.96. The SMILES string of the molecule is CCC(Sc1nnc(-c2ccc(OC)cc2)c(-c2ccc(OC)cc2)n1)C(=O)Nc1cc([N+](=O)[O-])ccc1C. The van der Waals surface area contributed by atoms with Crippen molar-refractivity contribution in [3.63, 3.8) is 0 Å². The molecule has 10 nitrogen and oxygen atoms in total. The summed E-state index contributed by atoms with van der Waals surface area (Å²) in [5.74, 6) is 1.12. The minimum atomic E-state index is -0.555. The van der Waals surface area contributed by atoms with Crippen LogP contribution in [0.2, 0.25) is 0 Å². The van der Waals surface area contributed by atoms with Gasteiger partial charge in [0.25, 0.3) is 5.69 Å². The Morgan fingerprint density at radius 1 is 0.949 bits per heavy atom. The van der Waals surface area contributed by atoms with Crippen molar-refractivity contribution in [1.82, 2.24) is 15.2 Å². The Labute approximate surface area is 229 Å². The molecule has 39 heavy (non-hydrogen) atoms. The van der Waals surface area contributed by atoms with Gasteiger partial charge in [-0.15, -0.1) is 10.2 Å². The van der Waals surface area contributed by atoms with Crippen LogP contribution in [0.1, 0.15) is 18.9 Å². The van der Waals surface area contributed by atoms with Crippen molar-refractivity contribution in [3.05, 3.63) is 82.4 Å². The maximum absolute atomic E-state index is 13.2. The Hall–Kier alpha value is -4.51. The number of nitro groups is 1. The van der Waals surface area contributed by atoms with Crippen LogP contribution in [0.25, 0.3) is 22.5 Å². The number of benzene rings is 3. The molecule has 0 aliphatic rings. The fourth-order valence-electron chi connectivity index (χ4n) is 3.78. The third kappa shape index (κ3) is 6.50. The van der Waals surface area contributed by atoms with Gasteiger partial charge in [0, 0.05) is 23.3 Å². The number of ether oxygens (including phenoxy) is 2. The Morgan fingerprint density at radius 3 is 2.08 bits per heavy atom. The van der Waals surface area contributed by atoms with Crippen molar-refractivity contribution < 1.29 is 19.2 Å². The van der Waals surface area contributed by atoms with E-state index in [1.54, 1.807) is 27.2 Å². The van der Waals surface area contributed by atoms with Crippen molar-refractivity contribution in [2.75, 3.05) is 19.5 Å². The maximum Gasteiger partial charge on any atom is 0.271 e. The smallest absolute Gasteiger partial charge is 0.271 e. The van der Waals surface area contributed by atoms with E-state index in [4.69, 9.17) is 14.5 Å². The van der Waals surface area contributed by atoms with Gasteiger partial charge < -0.3 is 14.8 Å². The first-order chi connectivity index (χ1) is 18.8. The molecule has 4 aromatic rings. The standard InChI is InChI=1S/C28H27N5O5S/c1-5-24(27(34)29-23-16-20(33(35)36)11-6-17(23)2)39-28-30-25(18-7-12-21(37-3)13-8-18)26(31-32-28)19-9-14-22(38-4)15-10-19/h6-16,24H,5H2,1-4H3,(H,29,34). The molecule has 0 spiro atoms. The van der Waals surface area contributed by atoms with Gasteiger partial charge in [-0.1, -0.05) is 24.8 Å². The largest absolute Gasteiger partial charge is 0.497 e. The zero-order chi connectivity index (χ0) is 27.9. The second-order valence-corrected chi connectivity index (χ2v) is 9.68. The van der Waals surface area contributed by atoms with Gasteiger partial charge in [0.15, 0.2) is 0 Å². The molecule has 1 unspecified atom stereocenters. The number of hydrogen-bond acceptors (Lipinski definition) is 9. The lowest BCUT2D eigenvalue weighted by atomic mass is 10.0. The van der Waals surface area contributed by atoms with E-state index in [0.29, 0.717) is 40.2 Å². The van der Waals surface area contributed by atoms with E-state index in [0.717, 1.165) is 16.7 Å². The second-order valence-electron chi connectivity index (χ2n) is 8.51. The highest BCUT2D eigenvalue weighted by Gasteiger charge is 2.23. The molecule has 0 saturated heterocycles. The predicted octanol–water partition coefficient (Wildman–Crippen LogP) is 5.95. The molecule has 11 heteroatoms. The van der Waals surface area contributed by atoms with Gasteiger partial charge in [-0.2, -0.15) is 0 Å². The topological polar surface area (TPSA) is 129 Å². The molecule has 0 radical (unpaired) electrons. The van der Waals surface area contributed by atoms with Gasteiger partial charge in [-0.25, -0.2) is 4.98 Å². The summed E-state index contributed by atoms with van der Waals surface area (Å²) in [6, 6.07) is 19.3. The van der Waals surface area contributed by atoms with Crippen molar-refractivity contribution in [2.24, 2.45) is 0 Å². The summed E-state index contributed by atoms with van der Waals surface area (Å²) in [5, 5.41) is 22.6. The highest BCUT2D eigenvalue weighted by atomic mass is 32.2. The predicted molar refractivity (Wildman–Crippen MR) is 150 cm³/mol. The molecule has 1 heterocycles. The van der Waals surface area contributed by atoms with Crippen molar-refractivity contribution in [1.29, 1.82) is 0 Å². The van der Waals surface area contributed by atoms with E-state index in [1.165, 1.54) is 23.9 Å². The van der Waals surface area contributed by atoms with Crippen LogP contribution in [-0.4, -0.2) is 45.5 Å². The van der Waals surface area contributed by atoms with E-state index in [1.807, 2.05) is 55.5 Å². The second kappa shape index (κ2) is 12.4. The molecule has 1 N–H and O–H groups in total. The number of nitrogens with one attached hydrogen (secondary N) is 1. The number of methoxy groups -OCH3 is 2. The highest BCUT2D eigenvalue weighted by molar-refractivity contribution is 8.00. The molecule has 200 valence electrons. The number of rotatable bonds is 10. The van der Waals surface area contributed by atoms with Crippen molar-refractivity contribution >= 4 is 29.0 Å². The van der Waals surface area contributed by atoms with E-state index < -0.39 is 10.2 Å². The number of nitrogens with zero attached hydrogens (tertiary/aromatic N) is 4. The van der Waals surface area contributed by atoms with Crippen LogP contribution in [0.15, 0.2) is 71.9 Å². The lowest BCUT2D eigenvalue weighted by molar-refractivity contribution is -0.384. The number of aryl methyl sites for hydroxylation is 1. The number of aromatic nitrogens is 3. The summed E-state index contributed by atoms with van der Waals surface area (Å²) in [6.07, 6.45) is 0.478. The van der Waals surface area contributed by atoms with Gasteiger partial charge in [-0.05, 0) is 67.4 Å². The molecular formula is C28H27N5O5S. The number of amides is 1. The van der Waals surface area contributed by atoms with Crippen molar-refractivity contribution in [3.8, 4) is 34.0 Å². The normalized spacial score (nSPS) is 11.5. The number of non-ortho nitro benzene ring substituents is 1. The van der Waals surface area contributed by atoms with Gasteiger partial charge in [0.1, 0.15) is 22.9 Å². The van der Waals surface area contributed by atoms with E-state index in [9.17, 15) is 14.9 Å². The highest BCUT2D eigenvalue weighted by Crippen LogP contribution is 2.33. The van der Waals surface area contributed by atoms with Gasteiger partial charge in [0.05, 0.1) is 30.1 Å². The first-order valence-corrected chi connectivity index (χ1v) is 13.0. The minimum absolute atomic E-state index is 0.0950. The quantitative estimate of drug-likeness (QED) is 0.146. The van der Waals surface area contributed by atoms with Gasteiger partial charge in [-0.3, -0.25) is 14.9 Å². The van der Waals surface area contributed by atoms with Gasteiger partial charge >= 0.3 is 0 Å². The monoisotopic (exact) mass is 545 g/mol. The van der Waals surface area contributed by atoms with Crippen LogP contribution in [0.5, 0.6) is 11.5 Å². The fourth-order valence-corrected chi connectivity index (χ4v) is 4.59. The molecule has 1 aromatic heterocycles. The van der Waals surface area contributed by atoms with E-state index in [-0.39, 0.29) is 11.6 Å². The number of carbonyl (C=O) groups excluding carboxylic acids is 1. The Kier molecular flexibility index (Phi) is 8.72. The van der Waals surface area contributed by atoms with Crippen LogP contribution in [0.4, 0.5) is 11.4 Å². The molecule has 0 bridgehead atoms. The van der Waals surface area contributed by atoms with Crippen LogP contribution in [0, 0.1) is 17.0 Å². The molecule has 0 aliphatic carbocycles. The molecular weight excluding hydrogens is 518 g/mol. The first-order valence-electron chi connectivity index (χ1n) is 12.1. The molecule has 3 aromatic carbocycles. The molecule has 4 rings (SSSR count). The van der Waals surface area contributed by atoms with Crippen LogP contribution in [-0.2, 0) is 4.79 Å². The number of nitro benzene ring substituents is 1. The molecule has 1 atom stereocenters. The zero-order valence-electron chi connectivity index (χ0n) is 21.9. The average molecular weight is 546 g/mol. The summed E-state index contributed by atoms with van der Waals surface area (Å²) in [4.78, 5) is 28.6. The Bertz CT molecular complexity index is 1480. The summed E-state index contributed by atoms with van der Waals surface area (Å²) in [6.45, 7) is 3.65. The Morgan fingerprint density at radius 2 is 1.54 bits per heavy atom. The van der Waals surface area contributed by atoms with Crippen molar-refractivity contribution in [2.45, 2.75) is 30.7 Å². The first kappa shape index (κ1) is 27.5. The Balaban J connectivity index is 1.65. The fraction of sp³-hybridized carbons (Fsp3) is 0.214. The van der Waals surface area contributed by atoms with Crippen LogP contribution < -0.4 is 14.8 Å². The van der Waals surface area contributed by atoms with Crippen LogP contribution in [0.3, 0.4) is 0 Å². The molecule has 0 fully saturated rings. The summed E-state index contributed by atoms with van der Waals surface area (Å²) >= 11 is 1.18. The van der Waals surface area contributed by atoms with Crippen LogP contribution >= 0.6 is 11.8 Å². The van der Waals surface area contributed by atoms with Gasteiger partial charge in [0.2, 0.25) is 11.1 Å².